The fourth-order valence-corrected chi connectivity index (χ4v) is 8.80. The zero-order valence-corrected chi connectivity index (χ0v) is 15.5. The van der Waals surface area contributed by atoms with Crippen LogP contribution in [0.4, 0.5) is 0 Å². The summed E-state index contributed by atoms with van der Waals surface area (Å²) in [4.78, 5) is 39.6. The first kappa shape index (κ1) is 15.3. The van der Waals surface area contributed by atoms with Crippen LogP contribution in [0.15, 0.2) is 12.2 Å². The van der Waals surface area contributed by atoms with Crippen LogP contribution < -0.4 is 5.43 Å². The van der Waals surface area contributed by atoms with Crippen molar-refractivity contribution in [1.82, 2.24) is 10.4 Å². The van der Waals surface area contributed by atoms with Crippen LogP contribution in [0.1, 0.15) is 51.4 Å². The monoisotopic (exact) mass is 366 g/mol. The SMILES string of the molecule is O=C1[C@H]2[C@H](C(=O)N1NC(=O)C13CC4CC(CC(C4)C1)C3)[C@@H]1C=C[C@H]2C12CC2. The molecule has 4 atom stereocenters. The Kier molecular flexibility index (Phi) is 2.55. The van der Waals surface area contributed by atoms with Crippen molar-refractivity contribution in [2.45, 2.75) is 51.4 Å². The molecule has 8 rings (SSSR count). The maximum absolute atomic E-state index is 13.3. The molecule has 0 aromatic carbocycles. The Labute approximate surface area is 158 Å². The highest BCUT2D eigenvalue weighted by Crippen LogP contribution is 2.73. The number of hydrazine groups is 1. The minimum atomic E-state index is -0.331. The molecule has 27 heavy (non-hydrogen) atoms. The van der Waals surface area contributed by atoms with Gasteiger partial charge in [-0.2, -0.15) is 5.01 Å². The summed E-state index contributed by atoms with van der Waals surface area (Å²) in [7, 11) is 0. The van der Waals surface area contributed by atoms with Crippen LogP contribution in [0, 0.1) is 52.3 Å². The van der Waals surface area contributed by atoms with E-state index in [2.05, 4.69) is 17.6 Å². The normalized spacial score (nSPS) is 52.1. The molecule has 6 bridgehead atoms. The Morgan fingerprint density at radius 1 is 0.889 bits per heavy atom. The van der Waals surface area contributed by atoms with E-state index in [0.717, 1.165) is 37.1 Å². The summed E-state index contributed by atoms with van der Waals surface area (Å²) < 4.78 is 0. The Hall–Kier alpha value is -1.65. The molecular formula is C22H26N2O3. The van der Waals surface area contributed by atoms with Gasteiger partial charge in [-0.05, 0) is 86.4 Å². The van der Waals surface area contributed by atoms with E-state index in [9.17, 15) is 14.4 Å². The van der Waals surface area contributed by atoms with Crippen molar-refractivity contribution in [3.05, 3.63) is 12.2 Å². The Morgan fingerprint density at radius 2 is 1.37 bits per heavy atom. The maximum Gasteiger partial charge on any atom is 0.252 e. The van der Waals surface area contributed by atoms with E-state index in [1.54, 1.807) is 0 Å². The summed E-state index contributed by atoms with van der Waals surface area (Å²) in [6.45, 7) is 0. The molecule has 7 fully saturated rings. The van der Waals surface area contributed by atoms with Crippen LogP contribution in [-0.2, 0) is 14.4 Å². The van der Waals surface area contributed by atoms with Crippen molar-refractivity contribution >= 4 is 17.7 Å². The molecule has 0 radical (unpaired) electrons. The third kappa shape index (κ3) is 1.67. The summed E-state index contributed by atoms with van der Waals surface area (Å²) in [5, 5.41) is 1.14. The summed E-state index contributed by atoms with van der Waals surface area (Å²) in [6.07, 6.45) is 13.3. The van der Waals surface area contributed by atoms with Gasteiger partial charge in [-0.15, -0.1) is 0 Å². The van der Waals surface area contributed by atoms with Gasteiger partial charge >= 0.3 is 0 Å². The molecule has 0 aromatic rings. The van der Waals surface area contributed by atoms with Crippen LogP contribution in [0.3, 0.4) is 0 Å². The van der Waals surface area contributed by atoms with Crippen LogP contribution in [-0.4, -0.2) is 22.7 Å². The smallest absolute Gasteiger partial charge is 0.252 e. The van der Waals surface area contributed by atoms with Gasteiger partial charge in [-0.3, -0.25) is 19.8 Å². The first-order valence-corrected chi connectivity index (χ1v) is 10.9. The molecule has 3 amide bonds. The van der Waals surface area contributed by atoms with Crippen molar-refractivity contribution in [1.29, 1.82) is 0 Å². The third-order valence-corrected chi connectivity index (χ3v) is 9.59. The van der Waals surface area contributed by atoms with Crippen LogP contribution in [0.5, 0.6) is 0 Å². The second kappa shape index (κ2) is 4.49. The molecule has 1 saturated heterocycles. The lowest BCUT2D eigenvalue weighted by molar-refractivity contribution is -0.160. The number of rotatable bonds is 2. The lowest BCUT2D eigenvalue weighted by Crippen LogP contribution is -2.58. The first-order valence-electron chi connectivity index (χ1n) is 10.9. The van der Waals surface area contributed by atoms with Gasteiger partial charge in [-0.1, -0.05) is 12.2 Å². The highest BCUT2D eigenvalue weighted by atomic mass is 16.2. The molecule has 1 aliphatic heterocycles. The molecule has 1 N–H and O–H groups in total. The van der Waals surface area contributed by atoms with Gasteiger partial charge < -0.3 is 0 Å². The highest BCUT2D eigenvalue weighted by Gasteiger charge is 2.73. The van der Waals surface area contributed by atoms with Crippen molar-refractivity contribution in [2.75, 3.05) is 0 Å². The minimum Gasteiger partial charge on any atom is -0.273 e. The number of nitrogens with zero attached hydrogens (tertiary/aromatic N) is 1. The zero-order chi connectivity index (χ0) is 18.1. The van der Waals surface area contributed by atoms with Gasteiger partial charge in [0.1, 0.15) is 0 Å². The fourth-order valence-electron chi connectivity index (χ4n) is 8.80. The van der Waals surface area contributed by atoms with Gasteiger partial charge in [0.2, 0.25) is 5.91 Å². The zero-order valence-electron chi connectivity index (χ0n) is 15.5. The van der Waals surface area contributed by atoms with Gasteiger partial charge in [-0.25, -0.2) is 0 Å². The second-order valence-electron chi connectivity index (χ2n) is 10.9. The Morgan fingerprint density at radius 3 is 1.81 bits per heavy atom. The molecule has 5 nitrogen and oxygen atoms in total. The molecule has 1 spiro atoms. The topological polar surface area (TPSA) is 66.5 Å². The van der Waals surface area contributed by atoms with E-state index in [1.807, 2.05) is 0 Å². The van der Waals surface area contributed by atoms with Crippen molar-refractivity contribution in [3.8, 4) is 0 Å². The number of fused-ring (bicyclic) bond motifs is 3. The average molecular weight is 366 g/mol. The standard InChI is InChI=1S/C22H26N2O3/c25-18-16-14-1-2-15(22(14)3-4-22)17(16)19(26)24(18)23-20(27)21-8-11-5-12(9-21)7-13(6-11)10-21/h1-2,11-17H,3-10H2,(H,23,27)/t11?,12?,13?,14-,15+,16-,17-,21?/m1/s1. The first-order chi connectivity index (χ1) is 13.0. The number of hydrogen-bond acceptors (Lipinski definition) is 3. The number of imide groups is 1. The average Bonchev–Trinajstić information content (AvgIpc) is 3.23. The number of amides is 3. The van der Waals surface area contributed by atoms with Crippen LogP contribution >= 0.6 is 0 Å². The minimum absolute atomic E-state index is 0.0512. The molecule has 1 heterocycles. The van der Waals surface area contributed by atoms with Gasteiger partial charge in [0.25, 0.3) is 11.8 Å². The molecule has 0 aromatic heterocycles. The number of nitrogens with one attached hydrogen (secondary N) is 1. The lowest BCUT2D eigenvalue weighted by Gasteiger charge is -2.55. The van der Waals surface area contributed by atoms with Crippen LogP contribution in [0.25, 0.3) is 0 Å². The number of allylic oxidation sites excluding steroid dienone is 2. The lowest BCUT2D eigenvalue weighted by atomic mass is 9.49. The number of carbonyl (C=O) groups is 3. The van der Waals surface area contributed by atoms with Crippen LogP contribution in [0.2, 0.25) is 0 Å². The third-order valence-electron chi connectivity index (χ3n) is 9.59. The molecule has 6 saturated carbocycles. The second-order valence-corrected chi connectivity index (χ2v) is 10.9. The summed E-state index contributed by atoms with van der Waals surface area (Å²) >= 11 is 0. The van der Waals surface area contributed by atoms with Crippen molar-refractivity contribution in [2.24, 2.45) is 52.3 Å². The van der Waals surface area contributed by atoms with E-state index in [0.29, 0.717) is 17.8 Å². The Balaban J connectivity index is 1.16. The molecule has 7 aliphatic carbocycles. The molecular weight excluding hydrogens is 340 g/mol. The fraction of sp³-hybridized carbons (Fsp3) is 0.773. The predicted molar refractivity (Wildman–Crippen MR) is 95.4 cm³/mol. The summed E-state index contributed by atoms with van der Waals surface area (Å²) in [6, 6.07) is 0. The molecule has 8 aliphatic rings. The Bertz CT molecular complexity index is 756. The molecule has 0 unspecified atom stereocenters. The highest BCUT2D eigenvalue weighted by molar-refractivity contribution is 6.08. The van der Waals surface area contributed by atoms with E-state index in [4.69, 9.17) is 0 Å². The van der Waals surface area contributed by atoms with Crippen molar-refractivity contribution < 1.29 is 14.4 Å². The largest absolute Gasteiger partial charge is 0.273 e. The van der Waals surface area contributed by atoms with E-state index < -0.39 is 0 Å². The van der Waals surface area contributed by atoms with E-state index in [-0.39, 0.29) is 52.2 Å². The molecule has 142 valence electrons. The van der Waals surface area contributed by atoms with Gasteiger partial charge in [0.05, 0.1) is 17.3 Å². The number of carbonyl (C=O) groups excluding carboxylic acids is 3. The summed E-state index contributed by atoms with van der Waals surface area (Å²) in [5.41, 5.74) is 2.72. The van der Waals surface area contributed by atoms with Gasteiger partial charge in [0, 0.05) is 0 Å². The number of hydrogen-bond donors (Lipinski definition) is 1. The maximum atomic E-state index is 13.3. The van der Waals surface area contributed by atoms with Crippen molar-refractivity contribution in [3.63, 3.8) is 0 Å². The predicted octanol–water partition coefficient (Wildman–Crippen LogP) is 2.43. The summed E-state index contributed by atoms with van der Waals surface area (Å²) in [5.74, 6) is 1.62. The molecule has 5 heteroatoms. The quantitative estimate of drug-likeness (QED) is 0.603. The van der Waals surface area contributed by atoms with Gasteiger partial charge in [0.15, 0.2) is 0 Å². The van der Waals surface area contributed by atoms with E-state index >= 15 is 0 Å². The van der Waals surface area contributed by atoms with E-state index in [1.165, 1.54) is 19.3 Å².